The third kappa shape index (κ3) is 1.42. The van der Waals surface area contributed by atoms with Crippen LogP contribution in [0.3, 0.4) is 0 Å². The van der Waals surface area contributed by atoms with Gasteiger partial charge in [-0.15, -0.1) is 0 Å². The summed E-state index contributed by atoms with van der Waals surface area (Å²) in [5.74, 6) is 2.09. The van der Waals surface area contributed by atoms with Gasteiger partial charge in [-0.3, -0.25) is 0 Å². The summed E-state index contributed by atoms with van der Waals surface area (Å²) in [6.45, 7) is 2.11. The van der Waals surface area contributed by atoms with Crippen LogP contribution >= 0.6 is 0 Å². The first kappa shape index (κ1) is 9.71. The SMILES string of the molecule is CC1CCC2=C(O1)C(O)C1CCCCC21. The molecule has 0 radical (unpaired) electrons. The van der Waals surface area contributed by atoms with Crippen molar-refractivity contribution in [1.82, 2.24) is 0 Å². The predicted molar refractivity (Wildman–Crippen MR) is 58.3 cm³/mol. The van der Waals surface area contributed by atoms with E-state index in [2.05, 4.69) is 6.92 Å². The second-order valence-electron chi connectivity index (χ2n) is 5.36. The largest absolute Gasteiger partial charge is 0.492 e. The van der Waals surface area contributed by atoms with Crippen molar-refractivity contribution < 1.29 is 9.84 Å². The zero-order valence-electron chi connectivity index (χ0n) is 9.41. The van der Waals surface area contributed by atoms with Gasteiger partial charge in [0.05, 0.1) is 6.10 Å². The maximum atomic E-state index is 10.3. The number of ether oxygens (including phenoxy) is 1. The number of aliphatic hydroxyl groups is 1. The van der Waals surface area contributed by atoms with Gasteiger partial charge >= 0.3 is 0 Å². The lowest BCUT2D eigenvalue weighted by molar-refractivity contribution is 0.0293. The molecule has 0 saturated heterocycles. The van der Waals surface area contributed by atoms with Crippen molar-refractivity contribution in [2.45, 2.75) is 57.7 Å². The monoisotopic (exact) mass is 208 g/mol. The molecule has 1 N–H and O–H groups in total. The van der Waals surface area contributed by atoms with Gasteiger partial charge in [-0.1, -0.05) is 12.8 Å². The van der Waals surface area contributed by atoms with Crippen LogP contribution in [0.4, 0.5) is 0 Å². The Labute approximate surface area is 91.3 Å². The van der Waals surface area contributed by atoms with Crippen LogP contribution in [0.2, 0.25) is 0 Å². The summed E-state index contributed by atoms with van der Waals surface area (Å²) in [6, 6.07) is 0. The average molecular weight is 208 g/mol. The molecule has 3 aliphatic rings. The van der Waals surface area contributed by atoms with E-state index in [-0.39, 0.29) is 6.10 Å². The highest BCUT2D eigenvalue weighted by molar-refractivity contribution is 5.27. The molecular formula is C13H20O2. The molecule has 0 bridgehead atoms. The zero-order chi connectivity index (χ0) is 10.4. The first-order chi connectivity index (χ1) is 7.27. The van der Waals surface area contributed by atoms with Crippen LogP contribution in [0.15, 0.2) is 11.3 Å². The van der Waals surface area contributed by atoms with Gasteiger partial charge in [0.25, 0.3) is 0 Å². The Kier molecular flexibility index (Phi) is 2.27. The van der Waals surface area contributed by atoms with Gasteiger partial charge < -0.3 is 9.84 Å². The van der Waals surface area contributed by atoms with Crippen LogP contribution in [0.25, 0.3) is 0 Å². The van der Waals surface area contributed by atoms with E-state index >= 15 is 0 Å². The minimum absolute atomic E-state index is 0.284. The number of allylic oxidation sites excluding steroid dienone is 1. The Morgan fingerprint density at radius 3 is 2.87 bits per heavy atom. The topological polar surface area (TPSA) is 29.5 Å². The Morgan fingerprint density at radius 2 is 2.00 bits per heavy atom. The lowest BCUT2D eigenvalue weighted by Gasteiger charge is -2.28. The van der Waals surface area contributed by atoms with E-state index in [1.54, 1.807) is 0 Å². The van der Waals surface area contributed by atoms with E-state index in [4.69, 9.17) is 4.74 Å². The molecule has 0 aromatic carbocycles. The van der Waals surface area contributed by atoms with E-state index < -0.39 is 0 Å². The van der Waals surface area contributed by atoms with Crippen LogP contribution in [0, 0.1) is 11.8 Å². The number of hydrogen-bond acceptors (Lipinski definition) is 2. The van der Waals surface area contributed by atoms with Crippen molar-refractivity contribution in [1.29, 1.82) is 0 Å². The zero-order valence-corrected chi connectivity index (χ0v) is 9.41. The highest BCUT2D eigenvalue weighted by Crippen LogP contribution is 2.49. The summed E-state index contributed by atoms with van der Waals surface area (Å²) in [4.78, 5) is 0. The van der Waals surface area contributed by atoms with Crippen LogP contribution in [-0.2, 0) is 4.74 Å². The first-order valence-electron chi connectivity index (χ1n) is 6.35. The van der Waals surface area contributed by atoms with Gasteiger partial charge in [-0.2, -0.15) is 0 Å². The molecular weight excluding hydrogens is 188 g/mol. The number of rotatable bonds is 0. The predicted octanol–water partition coefficient (Wildman–Crippen LogP) is 2.62. The molecule has 4 unspecified atom stereocenters. The summed E-state index contributed by atoms with van der Waals surface area (Å²) in [5, 5.41) is 10.3. The molecule has 2 aliphatic carbocycles. The minimum Gasteiger partial charge on any atom is -0.492 e. The van der Waals surface area contributed by atoms with Gasteiger partial charge in [-0.25, -0.2) is 0 Å². The third-order valence-electron chi connectivity index (χ3n) is 4.41. The first-order valence-corrected chi connectivity index (χ1v) is 6.35. The van der Waals surface area contributed by atoms with Crippen LogP contribution in [0.1, 0.15) is 45.4 Å². The second-order valence-corrected chi connectivity index (χ2v) is 5.36. The Morgan fingerprint density at radius 1 is 1.20 bits per heavy atom. The van der Waals surface area contributed by atoms with Crippen molar-refractivity contribution in [2.75, 3.05) is 0 Å². The molecule has 1 saturated carbocycles. The smallest absolute Gasteiger partial charge is 0.125 e. The van der Waals surface area contributed by atoms with Crippen molar-refractivity contribution >= 4 is 0 Å². The molecule has 1 heterocycles. The highest BCUT2D eigenvalue weighted by atomic mass is 16.5. The second kappa shape index (κ2) is 3.51. The number of hydrogen-bond donors (Lipinski definition) is 1. The molecule has 3 rings (SSSR count). The fourth-order valence-corrected chi connectivity index (χ4v) is 3.63. The van der Waals surface area contributed by atoms with Gasteiger partial charge in [0.15, 0.2) is 0 Å². The molecule has 0 aromatic rings. The summed E-state index contributed by atoms with van der Waals surface area (Å²) in [6.07, 6.45) is 7.40. The lowest BCUT2D eigenvalue weighted by atomic mass is 9.77. The van der Waals surface area contributed by atoms with Crippen molar-refractivity contribution in [3.05, 3.63) is 11.3 Å². The number of fused-ring (bicyclic) bond motifs is 2. The van der Waals surface area contributed by atoms with Crippen molar-refractivity contribution in [3.63, 3.8) is 0 Å². The summed E-state index contributed by atoms with van der Waals surface area (Å²) < 4.78 is 5.84. The Bertz CT molecular complexity index is 295. The molecule has 0 aromatic heterocycles. The van der Waals surface area contributed by atoms with Gasteiger partial charge in [0, 0.05) is 0 Å². The standard InChI is InChI=1S/C13H20O2/c1-8-6-7-11-9-4-2-3-5-10(9)12(14)13(11)15-8/h8-10,12,14H,2-7H2,1H3. The quantitative estimate of drug-likeness (QED) is 0.663. The van der Waals surface area contributed by atoms with E-state index in [0.717, 1.165) is 18.6 Å². The summed E-state index contributed by atoms with van der Waals surface area (Å²) >= 11 is 0. The molecule has 84 valence electrons. The molecule has 4 atom stereocenters. The van der Waals surface area contributed by atoms with Crippen LogP contribution < -0.4 is 0 Å². The van der Waals surface area contributed by atoms with Gasteiger partial charge in [-0.05, 0) is 50.0 Å². The van der Waals surface area contributed by atoms with Gasteiger partial charge in [0.2, 0.25) is 0 Å². The summed E-state index contributed by atoms with van der Waals surface area (Å²) in [7, 11) is 0. The van der Waals surface area contributed by atoms with E-state index in [1.807, 2.05) is 0 Å². The molecule has 15 heavy (non-hydrogen) atoms. The summed E-state index contributed by atoms with van der Waals surface area (Å²) in [5.41, 5.74) is 1.46. The van der Waals surface area contributed by atoms with E-state index in [1.165, 1.54) is 31.3 Å². The Hall–Kier alpha value is -0.500. The molecule has 1 aliphatic heterocycles. The van der Waals surface area contributed by atoms with Crippen molar-refractivity contribution in [3.8, 4) is 0 Å². The maximum Gasteiger partial charge on any atom is 0.125 e. The van der Waals surface area contributed by atoms with E-state index in [0.29, 0.717) is 17.9 Å². The minimum atomic E-state index is -0.284. The lowest BCUT2D eigenvalue weighted by Crippen LogP contribution is -2.26. The normalized spacial score (nSPS) is 44.7. The molecule has 2 nitrogen and oxygen atoms in total. The molecule has 0 amide bonds. The van der Waals surface area contributed by atoms with Crippen LogP contribution in [-0.4, -0.2) is 17.3 Å². The van der Waals surface area contributed by atoms with Crippen LogP contribution in [0.5, 0.6) is 0 Å². The molecule has 0 spiro atoms. The molecule has 1 fully saturated rings. The fraction of sp³-hybridized carbons (Fsp3) is 0.846. The Balaban J connectivity index is 1.90. The highest BCUT2D eigenvalue weighted by Gasteiger charge is 2.45. The molecule has 2 heteroatoms. The van der Waals surface area contributed by atoms with Crippen molar-refractivity contribution in [2.24, 2.45) is 11.8 Å². The maximum absolute atomic E-state index is 10.3. The van der Waals surface area contributed by atoms with E-state index in [9.17, 15) is 5.11 Å². The third-order valence-corrected chi connectivity index (χ3v) is 4.41. The van der Waals surface area contributed by atoms with Gasteiger partial charge in [0.1, 0.15) is 11.9 Å². The number of aliphatic hydroxyl groups excluding tert-OH is 1. The average Bonchev–Trinajstić information content (AvgIpc) is 2.54. The fourth-order valence-electron chi connectivity index (χ4n) is 3.63.